The van der Waals surface area contributed by atoms with Gasteiger partial charge in [-0.15, -0.1) is 10.2 Å². The molecular weight excluding hydrogens is 366 g/mol. The Balaban J connectivity index is 1.45. The van der Waals surface area contributed by atoms with E-state index in [0.29, 0.717) is 5.58 Å². The SMILES string of the molecule is Cc1cc(-c2ccc3nc(N)oc3c2)cn2c(CCN3CCN(C)CC3)nnc12. The number of likely N-dealkylation sites (N-methyl/N-ethyl adjacent to an activating group) is 1. The highest BCUT2D eigenvalue weighted by atomic mass is 16.4. The van der Waals surface area contributed by atoms with E-state index in [0.717, 1.165) is 72.8 Å². The molecule has 1 fully saturated rings. The first-order valence-corrected chi connectivity index (χ1v) is 9.98. The number of anilines is 1. The van der Waals surface area contributed by atoms with Crippen LogP contribution in [0.3, 0.4) is 0 Å². The minimum absolute atomic E-state index is 0.189. The minimum Gasteiger partial charge on any atom is -0.424 e. The summed E-state index contributed by atoms with van der Waals surface area (Å²) in [6.07, 6.45) is 2.99. The van der Waals surface area contributed by atoms with Crippen LogP contribution in [0.15, 0.2) is 34.9 Å². The smallest absolute Gasteiger partial charge is 0.292 e. The number of pyridine rings is 1. The van der Waals surface area contributed by atoms with Crippen molar-refractivity contribution in [2.75, 3.05) is 45.5 Å². The van der Waals surface area contributed by atoms with E-state index >= 15 is 0 Å². The number of oxazole rings is 1. The summed E-state index contributed by atoms with van der Waals surface area (Å²) in [4.78, 5) is 9.05. The number of nitrogens with zero attached hydrogens (tertiary/aromatic N) is 6. The molecule has 5 rings (SSSR count). The first-order chi connectivity index (χ1) is 14.1. The van der Waals surface area contributed by atoms with Crippen LogP contribution in [0.25, 0.3) is 27.9 Å². The van der Waals surface area contributed by atoms with Crippen molar-refractivity contribution in [1.82, 2.24) is 29.4 Å². The molecule has 3 aromatic heterocycles. The second-order valence-corrected chi connectivity index (χ2v) is 7.85. The van der Waals surface area contributed by atoms with E-state index < -0.39 is 0 Å². The molecule has 1 saturated heterocycles. The predicted molar refractivity (Wildman–Crippen MR) is 113 cm³/mol. The fraction of sp³-hybridized carbons (Fsp3) is 0.381. The zero-order chi connectivity index (χ0) is 20.0. The van der Waals surface area contributed by atoms with Gasteiger partial charge in [-0.2, -0.15) is 4.98 Å². The van der Waals surface area contributed by atoms with E-state index in [1.165, 1.54) is 0 Å². The van der Waals surface area contributed by atoms with Crippen molar-refractivity contribution in [1.29, 1.82) is 0 Å². The molecule has 2 N–H and O–H groups in total. The van der Waals surface area contributed by atoms with Gasteiger partial charge in [0.2, 0.25) is 0 Å². The van der Waals surface area contributed by atoms with Gasteiger partial charge in [-0.3, -0.25) is 4.40 Å². The fourth-order valence-electron chi connectivity index (χ4n) is 3.98. The number of benzene rings is 1. The number of nitrogens with two attached hydrogens (primary N) is 1. The Kier molecular flexibility index (Phi) is 4.44. The molecule has 0 bridgehead atoms. The summed E-state index contributed by atoms with van der Waals surface area (Å²) in [5, 5.41) is 8.90. The summed E-state index contributed by atoms with van der Waals surface area (Å²) in [6.45, 7) is 7.54. The Morgan fingerprint density at radius 3 is 2.72 bits per heavy atom. The fourth-order valence-corrected chi connectivity index (χ4v) is 3.98. The van der Waals surface area contributed by atoms with E-state index in [1.807, 2.05) is 18.2 Å². The number of piperazine rings is 1. The van der Waals surface area contributed by atoms with Crippen molar-refractivity contribution >= 4 is 22.8 Å². The molecule has 29 heavy (non-hydrogen) atoms. The average Bonchev–Trinajstić information content (AvgIpc) is 3.29. The van der Waals surface area contributed by atoms with Crippen LogP contribution in [0, 0.1) is 6.92 Å². The molecule has 0 spiro atoms. The van der Waals surface area contributed by atoms with Gasteiger partial charge in [0.15, 0.2) is 11.2 Å². The van der Waals surface area contributed by atoms with Crippen molar-refractivity contribution in [3.8, 4) is 11.1 Å². The van der Waals surface area contributed by atoms with Crippen LogP contribution in [-0.2, 0) is 6.42 Å². The Labute approximate surface area is 168 Å². The zero-order valence-electron chi connectivity index (χ0n) is 16.8. The van der Waals surface area contributed by atoms with Gasteiger partial charge in [-0.25, -0.2) is 0 Å². The highest BCUT2D eigenvalue weighted by Gasteiger charge is 2.16. The van der Waals surface area contributed by atoms with Crippen LogP contribution in [-0.4, -0.2) is 69.2 Å². The van der Waals surface area contributed by atoms with Gasteiger partial charge in [0.05, 0.1) is 0 Å². The molecule has 0 radical (unpaired) electrons. The van der Waals surface area contributed by atoms with Crippen molar-refractivity contribution < 1.29 is 4.42 Å². The summed E-state index contributed by atoms with van der Waals surface area (Å²) in [5.41, 5.74) is 11.3. The number of hydrogen-bond donors (Lipinski definition) is 1. The van der Waals surface area contributed by atoms with Crippen LogP contribution in [0.4, 0.5) is 6.01 Å². The monoisotopic (exact) mass is 391 g/mol. The highest BCUT2D eigenvalue weighted by molar-refractivity contribution is 5.81. The predicted octanol–water partition coefficient (Wildman–Crippen LogP) is 2.22. The molecule has 0 unspecified atom stereocenters. The molecule has 150 valence electrons. The highest BCUT2D eigenvalue weighted by Crippen LogP contribution is 2.27. The van der Waals surface area contributed by atoms with Crippen LogP contribution in [0.2, 0.25) is 0 Å². The van der Waals surface area contributed by atoms with Crippen molar-refractivity contribution in [3.05, 3.63) is 41.9 Å². The number of hydrogen-bond acceptors (Lipinski definition) is 7. The molecule has 0 amide bonds. The molecule has 8 heteroatoms. The summed E-state index contributed by atoms with van der Waals surface area (Å²) >= 11 is 0. The molecule has 1 aromatic carbocycles. The van der Waals surface area contributed by atoms with E-state index in [4.69, 9.17) is 10.2 Å². The molecule has 0 saturated carbocycles. The standard InChI is InChI=1S/C21H25N7O/c1-14-11-16(15-3-4-17-18(12-15)29-21(22)23-17)13-28-19(24-25-20(14)28)5-6-27-9-7-26(2)8-10-27/h3-4,11-13H,5-10H2,1-2H3,(H2,22,23). The summed E-state index contributed by atoms with van der Waals surface area (Å²) in [7, 11) is 2.18. The topological polar surface area (TPSA) is 88.7 Å². The van der Waals surface area contributed by atoms with Crippen molar-refractivity contribution in [2.24, 2.45) is 0 Å². The molecule has 4 heterocycles. The maximum absolute atomic E-state index is 5.68. The average molecular weight is 391 g/mol. The van der Waals surface area contributed by atoms with Crippen LogP contribution in [0.5, 0.6) is 0 Å². The second-order valence-electron chi connectivity index (χ2n) is 7.85. The van der Waals surface area contributed by atoms with Gasteiger partial charge >= 0.3 is 0 Å². The lowest BCUT2D eigenvalue weighted by Crippen LogP contribution is -2.45. The molecule has 4 aromatic rings. The van der Waals surface area contributed by atoms with Gasteiger partial charge in [0.25, 0.3) is 6.01 Å². The maximum Gasteiger partial charge on any atom is 0.292 e. The van der Waals surface area contributed by atoms with Crippen LogP contribution >= 0.6 is 0 Å². The Hall–Kier alpha value is -2.97. The Morgan fingerprint density at radius 2 is 1.90 bits per heavy atom. The summed E-state index contributed by atoms with van der Waals surface area (Å²) in [6, 6.07) is 8.28. The molecule has 1 aliphatic rings. The van der Waals surface area contributed by atoms with E-state index in [9.17, 15) is 0 Å². The quantitative estimate of drug-likeness (QED) is 0.570. The van der Waals surface area contributed by atoms with E-state index in [2.05, 4.69) is 55.6 Å². The number of rotatable bonds is 4. The second kappa shape index (κ2) is 7.13. The Morgan fingerprint density at radius 1 is 1.07 bits per heavy atom. The Bertz CT molecular complexity index is 1170. The van der Waals surface area contributed by atoms with Crippen LogP contribution < -0.4 is 5.73 Å². The number of nitrogen functional groups attached to an aromatic ring is 1. The third-order valence-electron chi connectivity index (χ3n) is 5.75. The summed E-state index contributed by atoms with van der Waals surface area (Å²) in [5.74, 6) is 0.994. The zero-order valence-corrected chi connectivity index (χ0v) is 16.8. The van der Waals surface area contributed by atoms with Crippen molar-refractivity contribution in [3.63, 3.8) is 0 Å². The van der Waals surface area contributed by atoms with E-state index in [-0.39, 0.29) is 6.01 Å². The van der Waals surface area contributed by atoms with Crippen molar-refractivity contribution in [2.45, 2.75) is 13.3 Å². The number of aryl methyl sites for hydroxylation is 1. The molecule has 1 aliphatic heterocycles. The number of aromatic nitrogens is 4. The van der Waals surface area contributed by atoms with Gasteiger partial charge in [0.1, 0.15) is 11.3 Å². The minimum atomic E-state index is 0.189. The lowest BCUT2D eigenvalue weighted by molar-refractivity contribution is 0.155. The first-order valence-electron chi connectivity index (χ1n) is 9.98. The largest absolute Gasteiger partial charge is 0.424 e. The lowest BCUT2D eigenvalue weighted by atomic mass is 10.1. The molecule has 8 nitrogen and oxygen atoms in total. The molecule has 0 aliphatic carbocycles. The van der Waals surface area contributed by atoms with Gasteiger partial charge in [-0.05, 0) is 48.9 Å². The van der Waals surface area contributed by atoms with Gasteiger partial charge in [-0.1, -0.05) is 6.07 Å². The van der Waals surface area contributed by atoms with E-state index in [1.54, 1.807) is 0 Å². The third-order valence-corrected chi connectivity index (χ3v) is 5.75. The van der Waals surface area contributed by atoms with Crippen LogP contribution in [0.1, 0.15) is 11.4 Å². The maximum atomic E-state index is 5.68. The third kappa shape index (κ3) is 3.45. The van der Waals surface area contributed by atoms with Gasteiger partial charge < -0.3 is 20.0 Å². The normalized spacial score (nSPS) is 16.2. The summed E-state index contributed by atoms with van der Waals surface area (Å²) < 4.78 is 7.62. The first kappa shape index (κ1) is 18.1. The van der Waals surface area contributed by atoms with Gasteiger partial charge in [0, 0.05) is 45.3 Å². The number of fused-ring (bicyclic) bond motifs is 2. The lowest BCUT2D eigenvalue weighted by Gasteiger charge is -2.32. The molecular formula is C21H25N7O. The molecule has 0 atom stereocenters.